The van der Waals surface area contributed by atoms with Gasteiger partial charge in [0.15, 0.2) is 0 Å². The van der Waals surface area contributed by atoms with Crippen molar-refractivity contribution in [2.75, 3.05) is 13.2 Å². The van der Waals surface area contributed by atoms with E-state index < -0.39 is 0 Å². The predicted molar refractivity (Wildman–Crippen MR) is 114 cm³/mol. The van der Waals surface area contributed by atoms with Gasteiger partial charge < -0.3 is 10.1 Å². The van der Waals surface area contributed by atoms with Crippen LogP contribution in [0.4, 0.5) is 0 Å². The van der Waals surface area contributed by atoms with E-state index in [0.29, 0.717) is 25.1 Å². The molecule has 0 atom stereocenters. The second kappa shape index (κ2) is 8.90. The monoisotopic (exact) mass is 393 g/mol. The van der Waals surface area contributed by atoms with Gasteiger partial charge in [-0.15, -0.1) is 0 Å². The topological polar surface area (TPSA) is 73.2 Å². The molecule has 0 fully saturated rings. The van der Waals surface area contributed by atoms with Crippen LogP contribution in [0.15, 0.2) is 59.5 Å². The van der Waals surface area contributed by atoms with Crippen molar-refractivity contribution in [3.8, 4) is 5.75 Å². The second-order valence-corrected chi connectivity index (χ2v) is 7.97. The van der Waals surface area contributed by atoms with E-state index in [4.69, 9.17) is 4.74 Å². The summed E-state index contributed by atoms with van der Waals surface area (Å²) in [6.07, 6.45) is 1.57. The van der Waals surface area contributed by atoms with Gasteiger partial charge in [0, 0.05) is 11.8 Å². The van der Waals surface area contributed by atoms with Crippen LogP contribution in [-0.2, 0) is 16.8 Å². The number of hydrogen-bond acceptors (Lipinski definition) is 4. The molecule has 0 unspecified atom stereocenters. The summed E-state index contributed by atoms with van der Waals surface area (Å²) in [5, 5.41) is 7.60. The fraction of sp³-hybridized carbons (Fsp3) is 0.348. The first-order valence-electron chi connectivity index (χ1n) is 9.79. The number of benzene rings is 2. The number of para-hydroxylation sites is 1. The molecule has 0 bridgehead atoms. The van der Waals surface area contributed by atoms with Crippen molar-refractivity contribution in [1.29, 1.82) is 0 Å². The molecule has 1 amide bonds. The van der Waals surface area contributed by atoms with Crippen molar-refractivity contribution < 1.29 is 9.53 Å². The summed E-state index contributed by atoms with van der Waals surface area (Å²) < 4.78 is 7.37. The van der Waals surface area contributed by atoms with Crippen LogP contribution in [0.25, 0.3) is 10.9 Å². The van der Waals surface area contributed by atoms with E-state index in [0.717, 1.165) is 11.3 Å². The number of amides is 1. The number of carbonyl (C=O) groups is 1. The van der Waals surface area contributed by atoms with Crippen molar-refractivity contribution in [3.63, 3.8) is 0 Å². The van der Waals surface area contributed by atoms with Gasteiger partial charge in [-0.2, -0.15) is 5.10 Å². The summed E-state index contributed by atoms with van der Waals surface area (Å²) >= 11 is 0. The minimum Gasteiger partial charge on any atom is -0.492 e. The van der Waals surface area contributed by atoms with E-state index in [1.807, 2.05) is 30.3 Å². The van der Waals surface area contributed by atoms with Crippen LogP contribution in [0.5, 0.6) is 5.75 Å². The number of nitrogens with one attached hydrogen (secondary N) is 1. The van der Waals surface area contributed by atoms with Gasteiger partial charge in [-0.1, -0.05) is 45.0 Å². The molecule has 0 radical (unpaired) electrons. The standard InChI is InChI=1S/C23H27N3O3/c1-23(2,3)17-8-10-18(11-9-17)29-15-13-24-22(28)12-14-26-20-7-5-4-6-19(20)21(27)16-25-26/h4-11,16H,12-15H2,1-3H3,(H,24,28). The lowest BCUT2D eigenvalue weighted by Crippen LogP contribution is -2.29. The molecule has 1 N–H and O–H groups in total. The smallest absolute Gasteiger partial charge is 0.221 e. The maximum atomic E-state index is 12.1. The molecular weight excluding hydrogens is 366 g/mol. The summed E-state index contributed by atoms with van der Waals surface area (Å²) in [5.74, 6) is 0.706. The largest absolute Gasteiger partial charge is 0.492 e. The molecule has 29 heavy (non-hydrogen) atoms. The van der Waals surface area contributed by atoms with Gasteiger partial charge in [0.1, 0.15) is 12.4 Å². The first-order valence-corrected chi connectivity index (χ1v) is 9.79. The third-order valence-corrected chi connectivity index (χ3v) is 4.73. The number of nitrogens with zero attached hydrogens (tertiary/aromatic N) is 2. The molecule has 6 nitrogen and oxygen atoms in total. The average molecular weight is 393 g/mol. The molecule has 0 aliphatic heterocycles. The molecule has 0 spiro atoms. The molecule has 2 aromatic carbocycles. The lowest BCUT2D eigenvalue weighted by molar-refractivity contribution is -0.121. The third kappa shape index (κ3) is 5.44. The molecule has 3 aromatic rings. The van der Waals surface area contributed by atoms with Gasteiger partial charge in [-0.25, -0.2) is 0 Å². The van der Waals surface area contributed by atoms with Crippen molar-refractivity contribution >= 4 is 16.8 Å². The maximum absolute atomic E-state index is 12.1. The Labute approximate surface area is 170 Å². The van der Waals surface area contributed by atoms with Crippen LogP contribution >= 0.6 is 0 Å². The van der Waals surface area contributed by atoms with Crippen LogP contribution < -0.4 is 15.5 Å². The quantitative estimate of drug-likeness (QED) is 0.625. The molecular formula is C23H27N3O3. The molecule has 0 aliphatic rings. The van der Waals surface area contributed by atoms with Gasteiger partial charge in [0.25, 0.3) is 0 Å². The molecule has 152 valence electrons. The molecule has 1 heterocycles. The summed E-state index contributed by atoms with van der Waals surface area (Å²) in [7, 11) is 0. The summed E-state index contributed by atoms with van der Waals surface area (Å²) in [6, 6.07) is 15.3. The number of hydrogen-bond donors (Lipinski definition) is 1. The molecule has 1 aromatic heterocycles. The van der Waals surface area contributed by atoms with Gasteiger partial charge >= 0.3 is 0 Å². The maximum Gasteiger partial charge on any atom is 0.221 e. The molecule has 0 saturated carbocycles. The molecule has 0 aliphatic carbocycles. The van der Waals surface area contributed by atoms with Crippen LogP contribution in [0.3, 0.4) is 0 Å². The van der Waals surface area contributed by atoms with Gasteiger partial charge in [-0.3, -0.25) is 14.3 Å². The van der Waals surface area contributed by atoms with Crippen LogP contribution in [0.2, 0.25) is 0 Å². The average Bonchev–Trinajstić information content (AvgIpc) is 2.71. The van der Waals surface area contributed by atoms with Crippen molar-refractivity contribution in [1.82, 2.24) is 15.1 Å². The zero-order valence-electron chi connectivity index (χ0n) is 17.1. The van der Waals surface area contributed by atoms with Crippen LogP contribution in [0.1, 0.15) is 32.8 Å². The minimum atomic E-state index is -0.117. The highest BCUT2D eigenvalue weighted by Crippen LogP contribution is 2.24. The summed E-state index contributed by atoms with van der Waals surface area (Å²) in [6.45, 7) is 7.75. The summed E-state index contributed by atoms with van der Waals surface area (Å²) in [4.78, 5) is 24.0. The second-order valence-electron chi connectivity index (χ2n) is 7.97. The number of carbonyl (C=O) groups excluding carboxylic acids is 1. The fourth-order valence-electron chi connectivity index (χ4n) is 3.05. The highest BCUT2D eigenvalue weighted by atomic mass is 16.5. The lowest BCUT2D eigenvalue weighted by Gasteiger charge is -2.19. The van der Waals surface area contributed by atoms with E-state index in [1.165, 1.54) is 11.8 Å². The number of fused-ring (bicyclic) bond motifs is 1. The van der Waals surface area contributed by atoms with Crippen molar-refractivity contribution in [3.05, 3.63) is 70.5 Å². The Morgan fingerprint density at radius 2 is 1.83 bits per heavy atom. The predicted octanol–water partition coefficient (Wildman–Crippen LogP) is 3.28. The first-order chi connectivity index (χ1) is 13.8. The Morgan fingerprint density at radius 3 is 2.55 bits per heavy atom. The number of aromatic nitrogens is 2. The number of rotatable bonds is 7. The van der Waals surface area contributed by atoms with Gasteiger partial charge in [-0.05, 0) is 35.2 Å². The first kappa shape index (κ1) is 20.6. The highest BCUT2D eigenvalue weighted by molar-refractivity contribution is 5.79. The third-order valence-electron chi connectivity index (χ3n) is 4.73. The summed E-state index contributed by atoms with van der Waals surface area (Å²) in [5.41, 5.74) is 1.98. The van der Waals surface area contributed by atoms with Gasteiger partial charge in [0.05, 0.1) is 24.8 Å². The Hall–Kier alpha value is -3.15. The van der Waals surface area contributed by atoms with E-state index >= 15 is 0 Å². The number of aryl methyl sites for hydroxylation is 1. The van der Waals surface area contributed by atoms with E-state index in [-0.39, 0.29) is 23.2 Å². The normalized spacial score (nSPS) is 11.4. The molecule has 0 saturated heterocycles. The Bertz CT molecular complexity index is 1030. The number of ether oxygens (including phenoxy) is 1. The molecule has 3 rings (SSSR count). The Morgan fingerprint density at radius 1 is 1.10 bits per heavy atom. The van der Waals surface area contributed by atoms with Crippen LogP contribution in [-0.4, -0.2) is 28.8 Å². The molecule has 6 heteroatoms. The van der Waals surface area contributed by atoms with E-state index in [1.54, 1.807) is 10.7 Å². The van der Waals surface area contributed by atoms with Gasteiger partial charge in [0.2, 0.25) is 11.3 Å². The highest BCUT2D eigenvalue weighted by Gasteiger charge is 2.13. The zero-order chi connectivity index (χ0) is 20.9. The zero-order valence-corrected chi connectivity index (χ0v) is 17.1. The van der Waals surface area contributed by atoms with E-state index in [9.17, 15) is 9.59 Å². The van der Waals surface area contributed by atoms with Crippen molar-refractivity contribution in [2.45, 2.75) is 39.2 Å². The Balaban J connectivity index is 1.44. The Kier molecular flexibility index (Phi) is 6.32. The fourth-order valence-corrected chi connectivity index (χ4v) is 3.05. The lowest BCUT2D eigenvalue weighted by atomic mass is 9.87. The van der Waals surface area contributed by atoms with E-state index in [2.05, 4.69) is 43.3 Å². The van der Waals surface area contributed by atoms with Crippen LogP contribution in [0, 0.1) is 0 Å². The SMILES string of the molecule is CC(C)(C)c1ccc(OCCNC(=O)CCn2ncc(=O)c3ccccc32)cc1. The minimum absolute atomic E-state index is 0.0822. The van der Waals surface area contributed by atoms with Crippen molar-refractivity contribution in [2.24, 2.45) is 0 Å².